The lowest BCUT2D eigenvalue weighted by molar-refractivity contribution is -0.172. The fourth-order valence-corrected chi connectivity index (χ4v) is 12.6. The number of ether oxygens (including phenoxy) is 10. The first-order valence-electron chi connectivity index (χ1n) is 36.5. The van der Waals surface area contributed by atoms with Gasteiger partial charge in [-0.25, -0.2) is 14.2 Å². The van der Waals surface area contributed by atoms with Crippen LogP contribution in [0.25, 0.3) is 22.3 Å². The summed E-state index contributed by atoms with van der Waals surface area (Å²) < 4.78 is 71.7. The predicted octanol–water partition coefficient (Wildman–Crippen LogP) is 1.35. The number of pyridine rings is 2. The number of nitrogens with zero attached hydrogens (tertiary/aromatic N) is 3. The molecule has 32 nitrogen and oxygen atoms in total. The molecule has 3 aromatic carbocycles. The van der Waals surface area contributed by atoms with Crippen LogP contribution in [0.2, 0.25) is 0 Å². The first kappa shape index (κ1) is 83.2. The molecule has 9 rings (SSSR count). The number of aryl methyl sites for hydroxylation is 1. The van der Waals surface area contributed by atoms with Gasteiger partial charge in [-0.3, -0.25) is 52.8 Å². The van der Waals surface area contributed by atoms with Crippen LogP contribution in [0.1, 0.15) is 106 Å². The van der Waals surface area contributed by atoms with Crippen molar-refractivity contribution in [2.75, 3.05) is 145 Å². The number of amides is 9. The second-order valence-electron chi connectivity index (χ2n) is 25.9. The van der Waals surface area contributed by atoms with E-state index >= 15 is 4.39 Å². The lowest BCUT2D eigenvalue weighted by Gasteiger charge is -2.31. The highest BCUT2D eigenvalue weighted by Crippen LogP contribution is 2.46. The molecule has 0 saturated heterocycles. The number of hydrogen-bond donors (Lipinski definition) is 8. The third-order valence-electron chi connectivity index (χ3n) is 18.4. The molecular formula is C76H95FN10O22. The van der Waals surface area contributed by atoms with Gasteiger partial charge >= 0.3 is 5.97 Å². The molecule has 0 bridgehead atoms. The largest absolute Gasteiger partial charge is 0.458 e. The number of carbonyl (C=O) groups excluding carboxylic acids is 10. The molecule has 3 atom stereocenters. The van der Waals surface area contributed by atoms with Crippen LogP contribution in [0.4, 0.5) is 4.39 Å². The van der Waals surface area contributed by atoms with E-state index in [0.29, 0.717) is 180 Å². The maximum atomic E-state index is 15.5. The van der Waals surface area contributed by atoms with Crippen molar-refractivity contribution in [1.29, 1.82) is 0 Å². The Morgan fingerprint density at radius 2 is 1.24 bits per heavy atom. The van der Waals surface area contributed by atoms with Gasteiger partial charge in [0.05, 0.1) is 160 Å². The Labute approximate surface area is 628 Å². The number of fused-ring (bicyclic) bond motifs is 5. The summed E-state index contributed by atoms with van der Waals surface area (Å²) in [5.41, 5.74) is 3.20. The van der Waals surface area contributed by atoms with Gasteiger partial charge in [-0.05, 0) is 85.0 Å². The van der Waals surface area contributed by atoms with E-state index in [4.69, 9.17) is 52.4 Å². The summed E-state index contributed by atoms with van der Waals surface area (Å²) in [5.74, 6) is -5.60. The van der Waals surface area contributed by atoms with Crippen LogP contribution in [0.3, 0.4) is 0 Å². The van der Waals surface area contributed by atoms with E-state index in [1.165, 1.54) is 27.7 Å². The van der Waals surface area contributed by atoms with Gasteiger partial charge in [-0.15, -0.1) is 0 Å². The summed E-state index contributed by atoms with van der Waals surface area (Å²) in [6.45, 7) is 6.94. The number of nitrogens with one attached hydrogen (secondary N) is 7. The minimum absolute atomic E-state index is 0.0378. The monoisotopic (exact) mass is 1520 g/mol. The first-order valence-corrected chi connectivity index (χ1v) is 36.5. The Morgan fingerprint density at radius 3 is 1.88 bits per heavy atom. The summed E-state index contributed by atoms with van der Waals surface area (Å²) in [5, 5.41) is 30.6. The van der Waals surface area contributed by atoms with E-state index in [9.17, 15) is 57.8 Å². The molecule has 33 heteroatoms. The highest BCUT2D eigenvalue weighted by atomic mass is 19.1. The lowest BCUT2D eigenvalue weighted by atomic mass is 9.81. The van der Waals surface area contributed by atoms with Gasteiger partial charge in [0.1, 0.15) is 31.8 Å². The fourth-order valence-electron chi connectivity index (χ4n) is 12.6. The molecule has 3 aliphatic heterocycles. The van der Waals surface area contributed by atoms with Crippen LogP contribution in [0.5, 0.6) is 0 Å². The number of halogens is 1. The van der Waals surface area contributed by atoms with Gasteiger partial charge in [0.15, 0.2) is 5.60 Å². The number of esters is 1. The molecule has 0 saturated carbocycles. The molecular weight excluding hydrogens is 1420 g/mol. The molecule has 0 radical (unpaired) electrons. The van der Waals surface area contributed by atoms with Crippen LogP contribution in [-0.2, 0) is 129 Å². The van der Waals surface area contributed by atoms with Crippen molar-refractivity contribution in [1.82, 2.24) is 51.7 Å². The second-order valence-corrected chi connectivity index (χ2v) is 25.9. The number of hydrogen-bond acceptors (Lipinski definition) is 23. The molecule has 0 fully saturated rings. The number of carbonyl (C=O) groups is 10. The number of rotatable bonds is 49. The van der Waals surface area contributed by atoms with Gasteiger partial charge in [0.25, 0.3) is 23.3 Å². The maximum Gasteiger partial charge on any atom is 0.343 e. The highest BCUT2D eigenvalue weighted by Gasteiger charge is 2.46. The summed E-state index contributed by atoms with van der Waals surface area (Å²) in [6.07, 6.45) is 5.82. The minimum Gasteiger partial charge on any atom is -0.458 e. The van der Waals surface area contributed by atoms with Crippen molar-refractivity contribution < 1.29 is 105 Å². The Balaban J connectivity index is 0.562. The van der Waals surface area contributed by atoms with Gasteiger partial charge < -0.3 is 94.3 Å². The average Bonchev–Trinajstić information content (AvgIpc) is 1.55. The summed E-state index contributed by atoms with van der Waals surface area (Å²) in [6, 6.07) is 16.7. The molecule has 2 aromatic heterocycles. The number of benzene rings is 3. The van der Waals surface area contributed by atoms with E-state index in [2.05, 4.69) is 37.2 Å². The molecule has 4 aliphatic rings. The van der Waals surface area contributed by atoms with Crippen LogP contribution < -0.4 is 42.8 Å². The lowest BCUT2D eigenvalue weighted by Crippen LogP contribution is -2.52. The van der Waals surface area contributed by atoms with Crippen molar-refractivity contribution in [3.05, 3.63) is 145 Å². The number of unbranched alkanes of at least 4 members (excludes halogenated alkanes) is 2. The Morgan fingerprint density at radius 1 is 0.642 bits per heavy atom. The number of aliphatic hydroxyl groups is 1. The smallest absolute Gasteiger partial charge is 0.343 e. The quantitative estimate of drug-likeness (QED) is 0.0116. The summed E-state index contributed by atoms with van der Waals surface area (Å²) in [7, 11) is 0. The van der Waals surface area contributed by atoms with Crippen LogP contribution in [-0.4, -0.2) is 230 Å². The van der Waals surface area contributed by atoms with Crippen LogP contribution in [0.15, 0.2) is 83.7 Å². The van der Waals surface area contributed by atoms with E-state index in [1.54, 1.807) is 74.5 Å². The van der Waals surface area contributed by atoms with E-state index in [0.717, 1.165) is 12.0 Å². The second kappa shape index (κ2) is 42.8. The zero-order valence-corrected chi connectivity index (χ0v) is 61.2. The average molecular weight is 1520 g/mol. The van der Waals surface area contributed by atoms with Gasteiger partial charge in [0.2, 0.25) is 35.4 Å². The van der Waals surface area contributed by atoms with Crippen molar-refractivity contribution in [3.63, 3.8) is 0 Å². The van der Waals surface area contributed by atoms with Gasteiger partial charge in [0, 0.05) is 66.2 Å². The normalized spacial score (nSPS) is 15.6. The Hall–Kier alpha value is -9.81. The number of aromatic nitrogens is 2. The minimum atomic E-state index is -2.04. The fraction of sp³-hybridized carbons (Fsp3) is 0.500. The van der Waals surface area contributed by atoms with E-state index < -0.39 is 90.1 Å². The molecule has 9 amide bonds. The first-order chi connectivity index (χ1) is 52.8. The van der Waals surface area contributed by atoms with Crippen LogP contribution >= 0.6 is 0 Å². The third-order valence-corrected chi connectivity index (χ3v) is 18.4. The molecule has 5 aromatic rings. The summed E-state index contributed by atoms with van der Waals surface area (Å²) in [4.78, 5) is 146. The van der Waals surface area contributed by atoms with E-state index in [-0.39, 0.29) is 94.6 Å². The third kappa shape index (κ3) is 24.3. The number of cyclic esters (lactones) is 1. The number of imide groups is 1. The van der Waals surface area contributed by atoms with E-state index in [1.807, 2.05) is 0 Å². The van der Waals surface area contributed by atoms with Gasteiger partial charge in [-0.1, -0.05) is 55.8 Å². The maximum absolute atomic E-state index is 15.5. The molecule has 0 unspecified atom stereocenters. The molecule has 1 aliphatic carbocycles. The van der Waals surface area contributed by atoms with Crippen molar-refractivity contribution in [3.8, 4) is 11.4 Å². The Kier molecular flexibility index (Phi) is 32.7. The summed E-state index contributed by atoms with van der Waals surface area (Å²) >= 11 is 0. The molecule has 8 N–H and O–H groups in total. The zero-order chi connectivity index (χ0) is 77.5. The molecule has 5 heterocycles. The zero-order valence-electron chi connectivity index (χ0n) is 61.2. The highest BCUT2D eigenvalue weighted by molar-refractivity contribution is 6.13. The molecule has 0 spiro atoms. The van der Waals surface area contributed by atoms with Gasteiger partial charge in [-0.2, -0.15) is 0 Å². The molecule has 588 valence electrons. The topological polar surface area (TPSA) is 406 Å². The predicted molar refractivity (Wildman–Crippen MR) is 387 cm³/mol. The van der Waals surface area contributed by atoms with Crippen molar-refractivity contribution in [2.45, 2.75) is 103 Å². The Bertz CT molecular complexity index is 4090. The van der Waals surface area contributed by atoms with Crippen LogP contribution in [0, 0.1) is 12.7 Å². The van der Waals surface area contributed by atoms with Crippen molar-refractivity contribution >= 4 is 70.0 Å². The SMILES string of the molecule is CC[C@@]1(O)C(=O)OCc2c1cc1n(c2=O)Cc2c-1nc1cc(F)c(C)c3c1c2[C@@H](NC(=O)c1ccc(COCNC(=O)CNC(=O)[C@H](Cc2ccccc2)NC(=O)CNC(=O)CNC(=O)COCCOCCOCCOCCOCCOCCOCCOCCNC(=O)CCCCCN2C(=O)C=CC2=O)cc1)CC3. The molecule has 109 heavy (non-hydrogen) atoms. The van der Waals surface area contributed by atoms with Crippen molar-refractivity contribution in [2.24, 2.45) is 0 Å². The standard InChI is InChI=1S/C76H95FN10O22/c1-3-76(99)56-39-61-71-54(44-87(61)74(97)55(56)46-109-75(76)98)70-58(18-17-53-49(2)57(77)40-59(84-71)69(53)70)85-72(95)52-15-13-51(14-16-52)45-108-48-82-64(90)42-81-73(96)60(38-50-10-6-4-7-11-50)83-65(91)43-79-63(89)41-80-66(92)47-107-37-36-106-35-34-105-33-32-104-31-30-103-29-28-102-27-26-101-25-24-100-23-21-78-62(88)12-8-5-9-22-86-67(93)19-20-68(86)94/h4,6-7,10-11,13-16,19-20,39-40,58,60,99H,3,5,8-9,12,17-18,21-38,41-48H2,1-2H3,(H,78,88)(H,79,89)(H,80,92)(H,81,96)(H,82,90)(H,83,91)(H,85,95)/t58-,60-,76-/m0/s1.